The molecule has 0 aliphatic heterocycles. The van der Waals surface area contributed by atoms with Gasteiger partial charge in [-0.15, -0.1) is 0 Å². The highest BCUT2D eigenvalue weighted by atomic mass is 16.5. The van der Waals surface area contributed by atoms with Gasteiger partial charge >= 0.3 is 0 Å². The molecule has 0 amide bonds. The van der Waals surface area contributed by atoms with Gasteiger partial charge in [0.2, 0.25) is 0 Å². The summed E-state index contributed by atoms with van der Waals surface area (Å²) in [7, 11) is 1.78. The van der Waals surface area contributed by atoms with Crippen molar-refractivity contribution in [1.29, 1.82) is 0 Å². The van der Waals surface area contributed by atoms with Crippen LogP contribution in [0.1, 0.15) is 6.92 Å². The number of hydrogen-bond acceptors (Lipinski definition) is 4. The van der Waals surface area contributed by atoms with E-state index in [1.807, 2.05) is 19.1 Å². The lowest BCUT2D eigenvalue weighted by Gasteiger charge is -2.09. The summed E-state index contributed by atoms with van der Waals surface area (Å²) in [5.74, 6) is 0.532. The number of ether oxygens (including phenoxy) is 1. The van der Waals surface area contributed by atoms with E-state index < -0.39 is 0 Å². The van der Waals surface area contributed by atoms with E-state index in [0.717, 1.165) is 17.9 Å². The molecule has 0 heterocycles. The molecule has 1 aromatic carbocycles. The van der Waals surface area contributed by atoms with Gasteiger partial charge < -0.3 is 15.4 Å². The van der Waals surface area contributed by atoms with Gasteiger partial charge in [-0.25, -0.2) is 0 Å². The molecule has 0 saturated carbocycles. The second-order valence-electron chi connectivity index (χ2n) is 2.71. The molecule has 0 bridgehead atoms. The van der Waals surface area contributed by atoms with E-state index in [4.69, 9.17) is 4.74 Å². The summed E-state index contributed by atoms with van der Waals surface area (Å²) in [6, 6.07) is 5.50. The van der Waals surface area contributed by atoms with Crippen molar-refractivity contribution < 1.29 is 9.53 Å². The molecule has 14 heavy (non-hydrogen) atoms. The average Bonchev–Trinajstić information content (AvgIpc) is 2.21. The average molecular weight is 194 g/mol. The third-order valence-electron chi connectivity index (χ3n) is 1.80. The van der Waals surface area contributed by atoms with Crippen molar-refractivity contribution >= 4 is 17.8 Å². The first kappa shape index (κ1) is 10.4. The Morgan fingerprint density at radius 3 is 2.86 bits per heavy atom. The Morgan fingerprint density at radius 2 is 2.29 bits per heavy atom. The highest BCUT2D eigenvalue weighted by molar-refractivity contribution is 5.67. The number of carbonyl (C=O) groups is 1. The van der Waals surface area contributed by atoms with E-state index in [-0.39, 0.29) is 0 Å². The standard InChI is InChI=1S/C10H14N2O2/c1-3-12-8-4-5-10(14-7-13)9(6-8)11-2/h4-7,11-12H,3H2,1-2H3. The smallest absolute Gasteiger partial charge is 0.298 e. The Bertz CT molecular complexity index is 313. The lowest BCUT2D eigenvalue weighted by Crippen LogP contribution is -2.00. The fourth-order valence-corrected chi connectivity index (χ4v) is 1.19. The number of benzene rings is 1. The van der Waals surface area contributed by atoms with Gasteiger partial charge in [0.05, 0.1) is 5.69 Å². The minimum Gasteiger partial charge on any atom is -0.427 e. The predicted molar refractivity (Wildman–Crippen MR) is 56.8 cm³/mol. The van der Waals surface area contributed by atoms with Gasteiger partial charge in [-0.3, -0.25) is 4.79 Å². The highest BCUT2D eigenvalue weighted by Crippen LogP contribution is 2.27. The van der Waals surface area contributed by atoms with Crippen LogP contribution in [0.3, 0.4) is 0 Å². The molecule has 4 nitrogen and oxygen atoms in total. The second-order valence-corrected chi connectivity index (χ2v) is 2.71. The van der Waals surface area contributed by atoms with Crippen molar-refractivity contribution in [2.45, 2.75) is 6.92 Å². The van der Waals surface area contributed by atoms with Gasteiger partial charge in [0, 0.05) is 19.3 Å². The molecule has 4 heteroatoms. The van der Waals surface area contributed by atoms with Crippen LogP contribution in [0.25, 0.3) is 0 Å². The molecule has 76 valence electrons. The lowest BCUT2D eigenvalue weighted by atomic mass is 10.2. The summed E-state index contributed by atoms with van der Waals surface area (Å²) in [4.78, 5) is 10.2. The van der Waals surface area contributed by atoms with Gasteiger partial charge in [0.25, 0.3) is 6.47 Å². The summed E-state index contributed by atoms with van der Waals surface area (Å²) < 4.78 is 4.79. The zero-order chi connectivity index (χ0) is 10.4. The molecular weight excluding hydrogens is 180 g/mol. The summed E-state index contributed by atoms with van der Waals surface area (Å²) in [5, 5.41) is 6.12. The molecule has 0 fully saturated rings. The van der Waals surface area contributed by atoms with Crippen LogP contribution in [0.15, 0.2) is 18.2 Å². The minimum absolute atomic E-state index is 0.420. The van der Waals surface area contributed by atoms with Gasteiger partial charge in [-0.1, -0.05) is 0 Å². The zero-order valence-corrected chi connectivity index (χ0v) is 8.33. The molecule has 0 atom stereocenters. The quantitative estimate of drug-likeness (QED) is 0.700. The minimum atomic E-state index is 0.420. The van der Waals surface area contributed by atoms with Crippen LogP contribution in [-0.2, 0) is 4.79 Å². The van der Waals surface area contributed by atoms with Crippen LogP contribution in [0, 0.1) is 0 Å². The first-order valence-corrected chi connectivity index (χ1v) is 4.47. The number of anilines is 2. The number of nitrogens with one attached hydrogen (secondary N) is 2. The summed E-state index contributed by atoms with van der Waals surface area (Å²) in [6.45, 7) is 3.30. The van der Waals surface area contributed by atoms with Crippen molar-refractivity contribution in [2.75, 3.05) is 24.2 Å². The van der Waals surface area contributed by atoms with E-state index in [2.05, 4.69) is 10.6 Å². The van der Waals surface area contributed by atoms with E-state index >= 15 is 0 Å². The van der Waals surface area contributed by atoms with E-state index in [1.54, 1.807) is 13.1 Å². The number of carbonyl (C=O) groups excluding carboxylic acids is 1. The molecule has 0 unspecified atom stereocenters. The van der Waals surface area contributed by atoms with Crippen LogP contribution >= 0.6 is 0 Å². The Morgan fingerprint density at radius 1 is 1.50 bits per heavy atom. The van der Waals surface area contributed by atoms with Crippen molar-refractivity contribution in [1.82, 2.24) is 0 Å². The molecule has 0 spiro atoms. The first-order valence-electron chi connectivity index (χ1n) is 4.47. The number of rotatable bonds is 5. The normalized spacial score (nSPS) is 9.29. The molecule has 0 aliphatic carbocycles. The summed E-state index contributed by atoms with van der Waals surface area (Å²) in [6.07, 6.45) is 0. The second kappa shape index (κ2) is 5.11. The Labute approximate surface area is 83.3 Å². The van der Waals surface area contributed by atoms with E-state index in [9.17, 15) is 4.79 Å². The van der Waals surface area contributed by atoms with E-state index in [0.29, 0.717) is 12.2 Å². The molecule has 0 saturated heterocycles. The van der Waals surface area contributed by atoms with E-state index in [1.165, 1.54) is 0 Å². The van der Waals surface area contributed by atoms with Crippen LogP contribution in [0.4, 0.5) is 11.4 Å². The molecule has 1 aromatic rings. The maximum atomic E-state index is 10.2. The lowest BCUT2D eigenvalue weighted by molar-refractivity contribution is -0.120. The first-order chi connectivity index (χ1) is 6.81. The van der Waals surface area contributed by atoms with Crippen molar-refractivity contribution in [3.8, 4) is 5.75 Å². The fourth-order valence-electron chi connectivity index (χ4n) is 1.19. The topological polar surface area (TPSA) is 50.4 Å². The zero-order valence-electron chi connectivity index (χ0n) is 8.33. The molecule has 0 radical (unpaired) electrons. The van der Waals surface area contributed by atoms with Gasteiger partial charge in [-0.2, -0.15) is 0 Å². The van der Waals surface area contributed by atoms with Crippen LogP contribution in [-0.4, -0.2) is 20.1 Å². The summed E-state index contributed by atoms with van der Waals surface area (Å²) in [5.41, 5.74) is 1.78. The monoisotopic (exact) mass is 194 g/mol. The van der Waals surface area contributed by atoms with Gasteiger partial charge in [0.15, 0.2) is 5.75 Å². The molecule has 1 rings (SSSR count). The van der Waals surface area contributed by atoms with Crippen molar-refractivity contribution in [2.24, 2.45) is 0 Å². The largest absolute Gasteiger partial charge is 0.427 e. The third kappa shape index (κ3) is 2.39. The maximum Gasteiger partial charge on any atom is 0.298 e. The SMILES string of the molecule is CCNc1ccc(OC=O)c(NC)c1. The fraction of sp³-hybridized carbons (Fsp3) is 0.300. The maximum absolute atomic E-state index is 10.2. The van der Waals surface area contributed by atoms with Crippen molar-refractivity contribution in [3.05, 3.63) is 18.2 Å². The molecular formula is C10H14N2O2. The Balaban J connectivity index is 2.92. The Hall–Kier alpha value is -1.71. The van der Waals surface area contributed by atoms with Crippen LogP contribution < -0.4 is 15.4 Å². The molecule has 2 N–H and O–H groups in total. The van der Waals surface area contributed by atoms with Crippen LogP contribution in [0.2, 0.25) is 0 Å². The van der Waals surface area contributed by atoms with Crippen molar-refractivity contribution in [3.63, 3.8) is 0 Å². The third-order valence-corrected chi connectivity index (χ3v) is 1.80. The Kier molecular flexibility index (Phi) is 3.79. The number of hydrogen-bond donors (Lipinski definition) is 2. The highest BCUT2D eigenvalue weighted by Gasteiger charge is 2.02. The molecule has 0 aromatic heterocycles. The van der Waals surface area contributed by atoms with Gasteiger partial charge in [0.1, 0.15) is 0 Å². The summed E-state index contributed by atoms with van der Waals surface area (Å²) >= 11 is 0. The van der Waals surface area contributed by atoms with Crippen LogP contribution in [0.5, 0.6) is 5.75 Å². The van der Waals surface area contributed by atoms with Gasteiger partial charge in [-0.05, 0) is 25.1 Å². The molecule has 0 aliphatic rings. The predicted octanol–water partition coefficient (Wildman–Crippen LogP) is 1.70.